The highest BCUT2D eigenvalue weighted by molar-refractivity contribution is 5.28. The predicted molar refractivity (Wildman–Crippen MR) is 71.7 cm³/mol. The number of ether oxygens (including phenoxy) is 2. The van der Waals surface area contributed by atoms with E-state index in [0.717, 1.165) is 17.9 Å². The minimum atomic E-state index is -0.0880. The molecule has 1 aromatic rings. The molecule has 0 spiro atoms. The van der Waals surface area contributed by atoms with Crippen LogP contribution in [0.5, 0.6) is 5.75 Å². The Morgan fingerprint density at radius 2 is 2.00 bits per heavy atom. The van der Waals surface area contributed by atoms with Gasteiger partial charge in [-0.3, -0.25) is 4.68 Å². The van der Waals surface area contributed by atoms with Gasteiger partial charge in [0.1, 0.15) is 0 Å². The Balaban J connectivity index is 2.88. The normalized spacial score (nSPS) is 14.8. The first kappa shape index (κ1) is 15.0. The van der Waals surface area contributed by atoms with E-state index in [1.165, 1.54) is 0 Å². The Bertz CT molecular complexity index is 363. The molecule has 2 atom stereocenters. The maximum absolute atomic E-state index is 6.29. The molecule has 2 unspecified atom stereocenters. The first-order chi connectivity index (χ1) is 8.51. The third-order valence-electron chi connectivity index (χ3n) is 2.97. The summed E-state index contributed by atoms with van der Waals surface area (Å²) in [4.78, 5) is 0. The number of aromatic nitrogens is 2. The second-order valence-electron chi connectivity index (χ2n) is 5.04. The summed E-state index contributed by atoms with van der Waals surface area (Å²) in [5, 5.41) is 4.34. The molecule has 0 aromatic carbocycles. The topological polar surface area (TPSA) is 62.3 Å². The molecule has 2 N–H and O–H groups in total. The van der Waals surface area contributed by atoms with Crippen LogP contribution in [0.2, 0.25) is 0 Å². The van der Waals surface area contributed by atoms with E-state index in [0.29, 0.717) is 12.5 Å². The molecule has 0 bridgehead atoms. The van der Waals surface area contributed by atoms with E-state index in [1.54, 1.807) is 20.4 Å². The summed E-state index contributed by atoms with van der Waals surface area (Å²) < 4.78 is 12.4. The van der Waals surface area contributed by atoms with E-state index >= 15 is 0 Å². The lowest BCUT2D eigenvalue weighted by Gasteiger charge is -2.20. The molecule has 0 aliphatic rings. The maximum Gasteiger partial charge on any atom is 0.161 e. The van der Waals surface area contributed by atoms with E-state index in [2.05, 4.69) is 25.9 Å². The summed E-state index contributed by atoms with van der Waals surface area (Å²) in [6.45, 7) is 7.01. The third kappa shape index (κ3) is 3.46. The Morgan fingerprint density at radius 3 is 2.50 bits per heavy atom. The van der Waals surface area contributed by atoms with Crippen molar-refractivity contribution in [1.82, 2.24) is 9.78 Å². The van der Waals surface area contributed by atoms with Crippen molar-refractivity contribution in [3.8, 4) is 5.75 Å². The summed E-state index contributed by atoms with van der Waals surface area (Å²) in [6.07, 6.45) is 2.58. The summed E-state index contributed by atoms with van der Waals surface area (Å²) >= 11 is 0. The molecule has 0 aliphatic carbocycles. The minimum absolute atomic E-state index is 0.0880. The van der Waals surface area contributed by atoms with Crippen molar-refractivity contribution in [3.05, 3.63) is 11.9 Å². The molecular weight excluding hydrogens is 230 g/mol. The second kappa shape index (κ2) is 6.75. The van der Waals surface area contributed by atoms with Crippen molar-refractivity contribution in [2.75, 3.05) is 20.8 Å². The van der Waals surface area contributed by atoms with Crippen molar-refractivity contribution in [1.29, 1.82) is 0 Å². The lowest BCUT2D eigenvalue weighted by atomic mass is 10.00. The van der Waals surface area contributed by atoms with Crippen LogP contribution in [0.25, 0.3) is 0 Å². The van der Waals surface area contributed by atoms with Crippen LogP contribution in [0, 0.1) is 5.92 Å². The number of hydrogen-bond donors (Lipinski definition) is 1. The van der Waals surface area contributed by atoms with Crippen molar-refractivity contribution >= 4 is 0 Å². The highest BCUT2D eigenvalue weighted by Gasteiger charge is 2.21. The smallest absolute Gasteiger partial charge is 0.161 e. The number of hydrogen-bond acceptors (Lipinski definition) is 4. The summed E-state index contributed by atoms with van der Waals surface area (Å²) in [5.41, 5.74) is 7.26. The molecule has 1 heterocycles. The molecular formula is C13H25N3O2. The van der Waals surface area contributed by atoms with Crippen LogP contribution >= 0.6 is 0 Å². The third-order valence-corrected chi connectivity index (χ3v) is 2.97. The fourth-order valence-electron chi connectivity index (χ4n) is 2.17. The first-order valence-corrected chi connectivity index (χ1v) is 6.37. The highest BCUT2D eigenvalue weighted by Crippen LogP contribution is 2.29. The largest absolute Gasteiger partial charge is 0.493 e. The van der Waals surface area contributed by atoms with Gasteiger partial charge in [-0.2, -0.15) is 5.10 Å². The summed E-state index contributed by atoms with van der Waals surface area (Å²) in [6, 6.07) is 0.183. The summed E-state index contributed by atoms with van der Waals surface area (Å²) in [5.74, 6) is 1.17. The van der Waals surface area contributed by atoms with Crippen LogP contribution < -0.4 is 10.5 Å². The van der Waals surface area contributed by atoms with Gasteiger partial charge in [-0.15, -0.1) is 0 Å². The SMILES string of the molecule is COCC(C)CC(N)c1c(OC)cnn1C(C)C. The first-order valence-electron chi connectivity index (χ1n) is 6.37. The van der Waals surface area contributed by atoms with Gasteiger partial charge in [0.05, 0.1) is 25.0 Å². The van der Waals surface area contributed by atoms with Crippen molar-refractivity contribution in [2.24, 2.45) is 11.7 Å². The van der Waals surface area contributed by atoms with E-state index in [4.69, 9.17) is 15.2 Å². The quantitative estimate of drug-likeness (QED) is 0.811. The van der Waals surface area contributed by atoms with Gasteiger partial charge in [0.2, 0.25) is 0 Å². The molecule has 18 heavy (non-hydrogen) atoms. The van der Waals surface area contributed by atoms with Crippen LogP contribution in [0.3, 0.4) is 0 Å². The molecule has 0 radical (unpaired) electrons. The van der Waals surface area contributed by atoms with Crippen molar-refractivity contribution < 1.29 is 9.47 Å². The Kier molecular flexibility index (Phi) is 5.62. The average Bonchev–Trinajstić information content (AvgIpc) is 2.72. The molecule has 0 aliphatic heterocycles. The van der Waals surface area contributed by atoms with Gasteiger partial charge in [0, 0.05) is 19.8 Å². The average molecular weight is 255 g/mol. The van der Waals surface area contributed by atoms with Gasteiger partial charge in [-0.25, -0.2) is 0 Å². The van der Waals surface area contributed by atoms with Crippen LogP contribution in [0.4, 0.5) is 0 Å². The molecule has 104 valence electrons. The van der Waals surface area contributed by atoms with Crippen LogP contribution in [0.15, 0.2) is 6.20 Å². The van der Waals surface area contributed by atoms with E-state index in [9.17, 15) is 0 Å². The van der Waals surface area contributed by atoms with E-state index < -0.39 is 0 Å². The molecule has 5 nitrogen and oxygen atoms in total. The second-order valence-corrected chi connectivity index (χ2v) is 5.04. The zero-order valence-corrected chi connectivity index (χ0v) is 12.0. The van der Waals surface area contributed by atoms with Gasteiger partial charge in [0.25, 0.3) is 0 Å². The lowest BCUT2D eigenvalue weighted by Crippen LogP contribution is -2.21. The number of nitrogens with zero attached hydrogens (tertiary/aromatic N) is 2. The molecule has 0 fully saturated rings. The van der Waals surface area contributed by atoms with Gasteiger partial charge < -0.3 is 15.2 Å². The van der Waals surface area contributed by atoms with Gasteiger partial charge in [-0.05, 0) is 26.2 Å². The zero-order chi connectivity index (χ0) is 13.7. The Labute approximate surface area is 109 Å². The number of nitrogens with two attached hydrogens (primary N) is 1. The fraction of sp³-hybridized carbons (Fsp3) is 0.769. The van der Waals surface area contributed by atoms with Gasteiger partial charge >= 0.3 is 0 Å². The van der Waals surface area contributed by atoms with E-state index in [1.807, 2.05) is 4.68 Å². The lowest BCUT2D eigenvalue weighted by molar-refractivity contribution is 0.151. The van der Waals surface area contributed by atoms with Crippen LogP contribution in [-0.2, 0) is 4.74 Å². The van der Waals surface area contributed by atoms with E-state index in [-0.39, 0.29) is 12.1 Å². The Morgan fingerprint density at radius 1 is 1.33 bits per heavy atom. The summed E-state index contributed by atoms with van der Waals surface area (Å²) in [7, 11) is 3.36. The predicted octanol–water partition coefficient (Wildman–Crippen LogP) is 2.14. The highest BCUT2D eigenvalue weighted by atomic mass is 16.5. The van der Waals surface area contributed by atoms with Crippen LogP contribution in [0.1, 0.15) is 45.0 Å². The minimum Gasteiger partial charge on any atom is -0.493 e. The van der Waals surface area contributed by atoms with Crippen LogP contribution in [-0.4, -0.2) is 30.6 Å². The number of rotatable bonds is 7. The molecule has 0 saturated heterocycles. The number of methoxy groups -OCH3 is 2. The molecule has 1 rings (SSSR count). The Hall–Kier alpha value is -1.07. The van der Waals surface area contributed by atoms with Gasteiger partial charge in [-0.1, -0.05) is 6.92 Å². The zero-order valence-electron chi connectivity index (χ0n) is 12.0. The van der Waals surface area contributed by atoms with Crippen molar-refractivity contribution in [2.45, 2.75) is 39.3 Å². The molecule has 0 saturated carbocycles. The van der Waals surface area contributed by atoms with Crippen molar-refractivity contribution in [3.63, 3.8) is 0 Å². The monoisotopic (exact) mass is 255 g/mol. The maximum atomic E-state index is 6.29. The molecule has 0 amide bonds. The fourth-order valence-corrected chi connectivity index (χ4v) is 2.17. The van der Waals surface area contributed by atoms with Gasteiger partial charge in [0.15, 0.2) is 5.75 Å². The molecule has 1 aromatic heterocycles. The molecule has 5 heteroatoms. The standard InChI is InChI=1S/C13H25N3O2/c1-9(2)16-13(12(18-5)7-15-16)11(14)6-10(3)8-17-4/h7,9-11H,6,8,14H2,1-5H3.